The fourth-order valence-corrected chi connectivity index (χ4v) is 9.04. The summed E-state index contributed by atoms with van der Waals surface area (Å²) in [5, 5.41) is 0.958. The second-order valence-corrected chi connectivity index (χ2v) is 17.1. The van der Waals surface area contributed by atoms with E-state index in [1.807, 2.05) is 24.3 Å². The van der Waals surface area contributed by atoms with E-state index in [1.165, 1.54) is 21.3 Å². The first-order valence-corrected chi connectivity index (χ1v) is 20.0. The van der Waals surface area contributed by atoms with Gasteiger partial charge in [-0.2, -0.15) is 4.31 Å². The molecule has 0 bridgehead atoms. The van der Waals surface area contributed by atoms with E-state index in [1.54, 1.807) is 56.9 Å². The maximum atomic E-state index is 14.8. The second kappa shape index (κ2) is 15.1. The van der Waals surface area contributed by atoms with E-state index in [0.717, 1.165) is 5.56 Å². The molecule has 2 aliphatic rings. The van der Waals surface area contributed by atoms with Crippen LogP contribution in [0, 0.1) is 0 Å². The lowest BCUT2D eigenvalue weighted by Crippen LogP contribution is -2.55. The quantitative estimate of drug-likeness (QED) is 0.256. The number of nitrogens with zero attached hydrogens (tertiary/aromatic N) is 4. The van der Waals surface area contributed by atoms with Crippen molar-refractivity contribution in [3.8, 4) is 5.75 Å². The Morgan fingerprint density at radius 2 is 1.47 bits per heavy atom. The molecule has 0 radical (unpaired) electrons. The Morgan fingerprint density at radius 3 is 2.00 bits per heavy atom. The standard InChI is InChI=1S/C33H38Cl3N5O6S2/c1-5-47-28-20-27(36)29(49(45,46)38-21(3)4)19-26(28)32-37-30(22-7-11-24(34)12-8-22)31(23-9-13-25(35)14-10-23)41(32)33(42)39-15-17-40(18-16-39)48(43,44)6-2/h7-14,19-21,30-31,38H,5-6,15-18H2,1-4H3/t30-,31+/m0/s1. The highest BCUT2D eigenvalue weighted by atomic mass is 35.5. The van der Waals surface area contributed by atoms with Gasteiger partial charge in [-0.15, -0.1) is 0 Å². The predicted molar refractivity (Wildman–Crippen MR) is 193 cm³/mol. The van der Waals surface area contributed by atoms with Gasteiger partial charge in [-0.05, 0) is 69.2 Å². The molecule has 49 heavy (non-hydrogen) atoms. The number of sulfonamides is 2. The SMILES string of the molecule is CCOc1cc(Cl)c(S(=O)(=O)NC(C)C)cc1C1=N[C@@H](c2ccc(Cl)cc2)[C@@H](c2ccc(Cl)cc2)N1C(=O)N1CCN(S(=O)(=O)CC)CC1. The van der Waals surface area contributed by atoms with Crippen molar-refractivity contribution in [3.05, 3.63) is 92.4 Å². The van der Waals surface area contributed by atoms with Crippen LogP contribution in [0.3, 0.4) is 0 Å². The highest BCUT2D eigenvalue weighted by molar-refractivity contribution is 7.89. The lowest BCUT2D eigenvalue weighted by Gasteiger charge is -2.38. The zero-order valence-electron chi connectivity index (χ0n) is 27.4. The van der Waals surface area contributed by atoms with Crippen molar-refractivity contribution in [2.45, 2.75) is 50.7 Å². The number of hydrogen-bond acceptors (Lipinski definition) is 7. The normalized spacial score (nSPS) is 19.0. The summed E-state index contributed by atoms with van der Waals surface area (Å²) in [6.45, 7) is 7.50. The number of aliphatic imine (C=N–C) groups is 1. The average molecular weight is 771 g/mol. The van der Waals surface area contributed by atoms with Crippen LogP contribution < -0.4 is 9.46 Å². The summed E-state index contributed by atoms with van der Waals surface area (Å²) < 4.78 is 62.2. The zero-order chi connectivity index (χ0) is 35.7. The van der Waals surface area contributed by atoms with Crippen LogP contribution in [0.5, 0.6) is 5.75 Å². The number of nitrogens with one attached hydrogen (secondary N) is 1. The molecular weight excluding hydrogens is 733 g/mol. The van der Waals surface area contributed by atoms with E-state index in [2.05, 4.69) is 4.72 Å². The van der Waals surface area contributed by atoms with Gasteiger partial charge in [0.2, 0.25) is 20.0 Å². The number of benzene rings is 3. The third-order valence-corrected chi connectivity index (χ3v) is 12.7. The first-order valence-electron chi connectivity index (χ1n) is 15.8. The minimum absolute atomic E-state index is 0.0427. The monoisotopic (exact) mass is 769 g/mol. The summed E-state index contributed by atoms with van der Waals surface area (Å²) in [5.41, 5.74) is 1.70. The molecular formula is C33H38Cl3N5O6S2. The molecule has 3 aromatic rings. The third-order valence-electron chi connectivity index (χ3n) is 8.22. The molecule has 2 heterocycles. The van der Waals surface area contributed by atoms with Crippen LogP contribution in [-0.2, 0) is 20.0 Å². The van der Waals surface area contributed by atoms with Crippen molar-refractivity contribution >= 4 is 66.7 Å². The topological polar surface area (TPSA) is 129 Å². The molecule has 0 spiro atoms. The van der Waals surface area contributed by atoms with Crippen molar-refractivity contribution in [2.24, 2.45) is 4.99 Å². The molecule has 1 N–H and O–H groups in total. The molecule has 0 aliphatic carbocycles. The highest BCUT2D eigenvalue weighted by Gasteiger charge is 2.45. The molecule has 3 aromatic carbocycles. The summed E-state index contributed by atoms with van der Waals surface area (Å²) in [7, 11) is -7.54. The fourth-order valence-electron chi connectivity index (χ4n) is 5.91. The van der Waals surface area contributed by atoms with Crippen molar-refractivity contribution in [1.29, 1.82) is 0 Å². The van der Waals surface area contributed by atoms with Crippen LogP contribution >= 0.6 is 34.8 Å². The molecule has 11 nitrogen and oxygen atoms in total. The number of rotatable bonds is 10. The van der Waals surface area contributed by atoms with Crippen LogP contribution in [0.25, 0.3) is 0 Å². The van der Waals surface area contributed by atoms with Gasteiger partial charge in [0.15, 0.2) is 0 Å². The van der Waals surface area contributed by atoms with E-state index in [4.69, 9.17) is 44.5 Å². The minimum atomic E-state index is -4.09. The van der Waals surface area contributed by atoms with Gasteiger partial charge in [0.25, 0.3) is 0 Å². The number of urea groups is 1. The van der Waals surface area contributed by atoms with Gasteiger partial charge in [0, 0.05) is 48.3 Å². The van der Waals surface area contributed by atoms with Gasteiger partial charge in [0.1, 0.15) is 22.5 Å². The van der Waals surface area contributed by atoms with Crippen molar-refractivity contribution in [2.75, 3.05) is 38.5 Å². The third kappa shape index (κ3) is 8.03. The predicted octanol–water partition coefficient (Wildman–Crippen LogP) is 6.36. The smallest absolute Gasteiger partial charge is 0.326 e. The Morgan fingerprint density at radius 1 is 0.898 bits per heavy atom. The van der Waals surface area contributed by atoms with Gasteiger partial charge in [-0.25, -0.2) is 26.4 Å². The number of ether oxygens (including phenoxy) is 1. The number of amides is 2. The highest BCUT2D eigenvalue weighted by Crippen LogP contribution is 2.46. The molecule has 0 aromatic heterocycles. The molecule has 2 amide bonds. The summed E-state index contributed by atoms with van der Waals surface area (Å²) in [4.78, 5) is 22.9. The first kappa shape index (κ1) is 37.3. The van der Waals surface area contributed by atoms with E-state index in [0.29, 0.717) is 15.6 Å². The molecule has 1 fully saturated rings. The van der Waals surface area contributed by atoms with Crippen molar-refractivity contribution in [1.82, 2.24) is 18.8 Å². The summed E-state index contributed by atoms with van der Waals surface area (Å²) in [6, 6.07) is 14.7. The van der Waals surface area contributed by atoms with Gasteiger partial charge < -0.3 is 9.64 Å². The van der Waals surface area contributed by atoms with Gasteiger partial charge in [-0.3, -0.25) is 9.89 Å². The van der Waals surface area contributed by atoms with E-state index in [-0.39, 0.29) is 65.6 Å². The lowest BCUT2D eigenvalue weighted by molar-refractivity contribution is 0.143. The zero-order valence-corrected chi connectivity index (χ0v) is 31.3. The van der Waals surface area contributed by atoms with Gasteiger partial charge in [0.05, 0.1) is 29.0 Å². The number of piperazine rings is 1. The Kier molecular flexibility index (Phi) is 11.5. The molecule has 0 saturated carbocycles. The van der Waals surface area contributed by atoms with Crippen LogP contribution in [0.1, 0.15) is 56.5 Å². The molecule has 0 unspecified atom stereocenters. The van der Waals surface area contributed by atoms with Crippen LogP contribution in [-0.4, -0.2) is 87.4 Å². The van der Waals surface area contributed by atoms with Gasteiger partial charge >= 0.3 is 6.03 Å². The molecule has 5 rings (SSSR count). The summed E-state index contributed by atoms with van der Waals surface area (Å²) >= 11 is 19.1. The van der Waals surface area contributed by atoms with Crippen molar-refractivity contribution in [3.63, 3.8) is 0 Å². The maximum absolute atomic E-state index is 14.8. The minimum Gasteiger partial charge on any atom is -0.493 e. The number of carbonyl (C=O) groups is 1. The Balaban J connectivity index is 1.72. The molecule has 16 heteroatoms. The average Bonchev–Trinajstić information content (AvgIpc) is 3.45. The molecule has 2 aliphatic heterocycles. The lowest BCUT2D eigenvalue weighted by atomic mass is 9.93. The summed E-state index contributed by atoms with van der Waals surface area (Å²) in [5.74, 6) is 0.353. The number of halogens is 3. The fraction of sp³-hybridized carbons (Fsp3) is 0.394. The molecule has 2 atom stereocenters. The largest absolute Gasteiger partial charge is 0.493 e. The molecule has 264 valence electrons. The number of hydrogen-bond donors (Lipinski definition) is 1. The maximum Gasteiger partial charge on any atom is 0.326 e. The van der Waals surface area contributed by atoms with Crippen LogP contribution in [0.15, 0.2) is 70.6 Å². The second-order valence-electron chi connectivity index (χ2n) is 11.9. The van der Waals surface area contributed by atoms with E-state index < -0.39 is 44.2 Å². The Labute approximate surface area is 302 Å². The van der Waals surface area contributed by atoms with E-state index >= 15 is 0 Å². The first-order chi connectivity index (χ1) is 23.2. The Bertz CT molecular complexity index is 1930. The number of amidine groups is 1. The van der Waals surface area contributed by atoms with E-state index in [9.17, 15) is 21.6 Å². The summed E-state index contributed by atoms with van der Waals surface area (Å²) in [6.07, 6.45) is 0. The number of carbonyl (C=O) groups excluding carboxylic acids is 1. The van der Waals surface area contributed by atoms with Crippen LogP contribution in [0.2, 0.25) is 15.1 Å². The van der Waals surface area contributed by atoms with Crippen LogP contribution in [0.4, 0.5) is 4.79 Å². The van der Waals surface area contributed by atoms with Crippen molar-refractivity contribution < 1.29 is 26.4 Å². The Hall–Kier alpha value is -2.91. The van der Waals surface area contributed by atoms with Gasteiger partial charge in [-0.1, -0.05) is 59.1 Å². The molecule has 1 saturated heterocycles.